The standard InChI is InChI=1S/C9H19NO2/c1-8(12)7-9(2,3)10-5-4-6-11/h6,8,10,12H,4-5,7H2,1-3H3. The third-order valence-electron chi connectivity index (χ3n) is 1.67. The van der Waals surface area contributed by atoms with Crippen LogP contribution in [0.4, 0.5) is 0 Å². The van der Waals surface area contributed by atoms with E-state index in [4.69, 9.17) is 5.11 Å². The van der Waals surface area contributed by atoms with Crippen molar-refractivity contribution in [1.29, 1.82) is 0 Å². The van der Waals surface area contributed by atoms with Gasteiger partial charge in [-0.15, -0.1) is 0 Å². The molecule has 0 spiro atoms. The summed E-state index contributed by atoms with van der Waals surface area (Å²) in [6.07, 6.45) is 1.82. The molecule has 0 aromatic rings. The van der Waals surface area contributed by atoms with Crippen LogP contribution in [0.3, 0.4) is 0 Å². The molecule has 0 bridgehead atoms. The van der Waals surface area contributed by atoms with Crippen LogP contribution in [-0.2, 0) is 4.79 Å². The van der Waals surface area contributed by atoms with Crippen molar-refractivity contribution in [2.24, 2.45) is 0 Å². The van der Waals surface area contributed by atoms with Crippen molar-refractivity contribution in [1.82, 2.24) is 5.32 Å². The van der Waals surface area contributed by atoms with Crippen LogP contribution in [0.25, 0.3) is 0 Å². The molecule has 3 heteroatoms. The maximum absolute atomic E-state index is 10.0. The normalized spacial score (nSPS) is 14.3. The van der Waals surface area contributed by atoms with Crippen molar-refractivity contribution in [2.45, 2.75) is 45.3 Å². The van der Waals surface area contributed by atoms with Gasteiger partial charge in [-0.2, -0.15) is 0 Å². The van der Waals surface area contributed by atoms with Gasteiger partial charge in [0, 0.05) is 18.5 Å². The number of rotatable bonds is 6. The Kier molecular flexibility index (Phi) is 5.09. The lowest BCUT2D eigenvalue weighted by atomic mass is 9.97. The summed E-state index contributed by atoms with van der Waals surface area (Å²) in [6, 6.07) is 0. The Morgan fingerprint density at radius 1 is 1.58 bits per heavy atom. The molecule has 0 aliphatic carbocycles. The summed E-state index contributed by atoms with van der Waals surface area (Å²) in [5, 5.41) is 12.3. The summed E-state index contributed by atoms with van der Waals surface area (Å²) >= 11 is 0. The van der Waals surface area contributed by atoms with Crippen molar-refractivity contribution >= 4 is 6.29 Å². The van der Waals surface area contributed by atoms with Crippen LogP contribution < -0.4 is 5.32 Å². The average Bonchev–Trinajstić information content (AvgIpc) is 1.84. The Morgan fingerprint density at radius 2 is 2.17 bits per heavy atom. The van der Waals surface area contributed by atoms with Gasteiger partial charge in [0.15, 0.2) is 0 Å². The number of hydrogen-bond acceptors (Lipinski definition) is 3. The summed E-state index contributed by atoms with van der Waals surface area (Å²) < 4.78 is 0. The van der Waals surface area contributed by atoms with Gasteiger partial charge in [0.05, 0.1) is 6.10 Å². The zero-order chi connectivity index (χ0) is 9.61. The highest BCUT2D eigenvalue weighted by atomic mass is 16.3. The molecule has 1 atom stereocenters. The fourth-order valence-electron chi connectivity index (χ4n) is 1.28. The molecule has 0 aliphatic rings. The summed E-state index contributed by atoms with van der Waals surface area (Å²) in [6.45, 7) is 6.49. The topological polar surface area (TPSA) is 49.3 Å². The zero-order valence-corrected chi connectivity index (χ0v) is 8.13. The number of aldehydes is 1. The van der Waals surface area contributed by atoms with Crippen LogP contribution in [0, 0.1) is 0 Å². The maximum Gasteiger partial charge on any atom is 0.121 e. The lowest BCUT2D eigenvalue weighted by Gasteiger charge is -2.27. The van der Waals surface area contributed by atoms with E-state index in [2.05, 4.69) is 5.32 Å². The molecule has 0 aromatic carbocycles. The van der Waals surface area contributed by atoms with E-state index in [0.717, 1.165) is 6.29 Å². The molecule has 2 N–H and O–H groups in total. The quantitative estimate of drug-likeness (QED) is 0.459. The number of carbonyl (C=O) groups excluding carboxylic acids is 1. The molecule has 12 heavy (non-hydrogen) atoms. The van der Waals surface area contributed by atoms with E-state index in [-0.39, 0.29) is 11.6 Å². The number of nitrogens with one attached hydrogen (secondary N) is 1. The molecule has 0 aliphatic heterocycles. The molecule has 0 radical (unpaired) electrons. The Labute approximate surface area is 74.2 Å². The van der Waals surface area contributed by atoms with Gasteiger partial charge < -0.3 is 15.2 Å². The minimum atomic E-state index is -0.302. The molecule has 0 rings (SSSR count). The van der Waals surface area contributed by atoms with Crippen molar-refractivity contribution in [2.75, 3.05) is 6.54 Å². The van der Waals surface area contributed by atoms with Crippen molar-refractivity contribution < 1.29 is 9.90 Å². The summed E-state index contributed by atoms with van der Waals surface area (Å²) in [5.41, 5.74) is -0.0861. The predicted octanol–water partition coefficient (Wildman–Crippen LogP) is 0.714. The monoisotopic (exact) mass is 173 g/mol. The van der Waals surface area contributed by atoms with E-state index in [1.54, 1.807) is 6.92 Å². The van der Waals surface area contributed by atoms with Gasteiger partial charge in [0.1, 0.15) is 6.29 Å². The van der Waals surface area contributed by atoms with Gasteiger partial charge in [-0.3, -0.25) is 0 Å². The number of carbonyl (C=O) groups is 1. The fraction of sp³-hybridized carbons (Fsp3) is 0.889. The number of hydrogen-bond donors (Lipinski definition) is 2. The van der Waals surface area contributed by atoms with Crippen LogP contribution >= 0.6 is 0 Å². The minimum absolute atomic E-state index is 0.0861. The first-order valence-corrected chi connectivity index (χ1v) is 4.34. The molecule has 0 heterocycles. The summed E-state index contributed by atoms with van der Waals surface area (Å²) in [5.74, 6) is 0. The van der Waals surface area contributed by atoms with Crippen LogP contribution in [0.15, 0.2) is 0 Å². The number of aliphatic hydroxyl groups excluding tert-OH is 1. The molecular formula is C9H19NO2. The van der Waals surface area contributed by atoms with Gasteiger partial charge in [0.2, 0.25) is 0 Å². The Bertz CT molecular complexity index is 132. The first-order chi connectivity index (χ1) is 5.48. The van der Waals surface area contributed by atoms with Gasteiger partial charge in [-0.05, 0) is 27.2 Å². The van der Waals surface area contributed by atoms with Gasteiger partial charge in [-0.1, -0.05) is 0 Å². The van der Waals surface area contributed by atoms with Gasteiger partial charge in [-0.25, -0.2) is 0 Å². The SMILES string of the molecule is CC(O)CC(C)(C)NCCC=O. The van der Waals surface area contributed by atoms with Gasteiger partial charge >= 0.3 is 0 Å². The highest BCUT2D eigenvalue weighted by Gasteiger charge is 2.18. The second-order valence-corrected chi connectivity index (χ2v) is 3.82. The molecule has 0 aromatic heterocycles. The van der Waals surface area contributed by atoms with Crippen molar-refractivity contribution in [3.63, 3.8) is 0 Å². The van der Waals surface area contributed by atoms with E-state index in [9.17, 15) is 4.79 Å². The fourth-order valence-corrected chi connectivity index (χ4v) is 1.28. The lowest BCUT2D eigenvalue weighted by Crippen LogP contribution is -2.42. The Balaban J connectivity index is 3.62. The van der Waals surface area contributed by atoms with E-state index in [1.807, 2.05) is 13.8 Å². The van der Waals surface area contributed by atoms with Crippen molar-refractivity contribution in [3.05, 3.63) is 0 Å². The summed E-state index contributed by atoms with van der Waals surface area (Å²) in [4.78, 5) is 10.0. The molecule has 0 saturated heterocycles. The molecule has 0 saturated carbocycles. The van der Waals surface area contributed by atoms with Crippen LogP contribution in [0.1, 0.15) is 33.6 Å². The zero-order valence-electron chi connectivity index (χ0n) is 8.13. The van der Waals surface area contributed by atoms with E-state index in [0.29, 0.717) is 19.4 Å². The first-order valence-electron chi connectivity index (χ1n) is 4.34. The Hall–Kier alpha value is -0.410. The molecular weight excluding hydrogens is 154 g/mol. The molecule has 1 unspecified atom stereocenters. The maximum atomic E-state index is 10.0. The average molecular weight is 173 g/mol. The third-order valence-corrected chi connectivity index (χ3v) is 1.67. The third kappa shape index (κ3) is 6.31. The van der Waals surface area contributed by atoms with E-state index < -0.39 is 0 Å². The molecule has 72 valence electrons. The molecule has 3 nitrogen and oxygen atoms in total. The minimum Gasteiger partial charge on any atom is -0.393 e. The highest BCUT2D eigenvalue weighted by Crippen LogP contribution is 2.10. The van der Waals surface area contributed by atoms with Gasteiger partial charge in [0.25, 0.3) is 0 Å². The molecule has 0 fully saturated rings. The second-order valence-electron chi connectivity index (χ2n) is 3.82. The summed E-state index contributed by atoms with van der Waals surface area (Å²) in [7, 11) is 0. The number of aliphatic hydroxyl groups is 1. The predicted molar refractivity (Wildman–Crippen MR) is 49.1 cm³/mol. The lowest BCUT2D eigenvalue weighted by molar-refractivity contribution is -0.107. The first kappa shape index (κ1) is 11.6. The highest BCUT2D eigenvalue weighted by molar-refractivity contribution is 5.49. The van der Waals surface area contributed by atoms with Crippen molar-refractivity contribution in [3.8, 4) is 0 Å². The Morgan fingerprint density at radius 3 is 2.58 bits per heavy atom. The molecule has 0 amide bonds. The van der Waals surface area contributed by atoms with Crippen LogP contribution in [-0.4, -0.2) is 29.6 Å². The smallest absolute Gasteiger partial charge is 0.121 e. The van der Waals surface area contributed by atoms with Crippen LogP contribution in [0.5, 0.6) is 0 Å². The second kappa shape index (κ2) is 5.27. The largest absolute Gasteiger partial charge is 0.393 e. The van der Waals surface area contributed by atoms with Crippen LogP contribution in [0.2, 0.25) is 0 Å². The van der Waals surface area contributed by atoms with E-state index in [1.165, 1.54) is 0 Å². The van der Waals surface area contributed by atoms with E-state index >= 15 is 0 Å².